The van der Waals surface area contributed by atoms with Crippen LogP contribution in [0.2, 0.25) is 5.02 Å². The number of carbonyl (C=O) groups excluding carboxylic acids is 1. The molecule has 1 amide bonds. The lowest BCUT2D eigenvalue weighted by molar-refractivity contribution is -0.120. The van der Waals surface area contributed by atoms with Crippen molar-refractivity contribution in [3.05, 3.63) is 46.6 Å². The smallest absolute Gasteiger partial charge is 0.224 e. The minimum atomic E-state index is 0.0141. The van der Waals surface area contributed by atoms with Crippen molar-refractivity contribution in [3.8, 4) is 0 Å². The molecule has 0 unspecified atom stereocenters. The van der Waals surface area contributed by atoms with Crippen LogP contribution in [0.25, 0.3) is 0 Å². The van der Waals surface area contributed by atoms with E-state index in [2.05, 4.69) is 25.9 Å². The number of aryl methyl sites for hydroxylation is 2. The Kier molecular flexibility index (Phi) is 7.47. The van der Waals surface area contributed by atoms with Gasteiger partial charge in [-0.2, -0.15) is 4.98 Å². The van der Waals surface area contributed by atoms with Crippen LogP contribution in [0.4, 0.5) is 11.8 Å². The van der Waals surface area contributed by atoms with Gasteiger partial charge in [-0.25, -0.2) is 4.98 Å². The maximum Gasteiger partial charge on any atom is 0.224 e. The molecule has 134 valence electrons. The summed E-state index contributed by atoms with van der Waals surface area (Å²) in [4.78, 5) is 20.6. The molecular formula is C18H24ClN5O. The fourth-order valence-corrected chi connectivity index (χ4v) is 2.55. The van der Waals surface area contributed by atoms with Crippen molar-refractivity contribution >= 4 is 29.3 Å². The summed E-state index contributed by atoms with van der Waals surface area (Å²) in [5.41, 5.74) is 1.95. The van der Waals surface area contributed by atoms with Crippen molar-refractivity contribution in [3.63, 3.8) is 0 Å². The molecule has 7 heteroatoms. The first-order valence-corrected chi connectivity index (χ1v) is 8.79. The van der Waals surface area contributed by atoms with Gasteiger partial charge in [0.25, 0.3) is 0 Å². The molecule has 0 aliphatic rings. The normalized spacial score (nSPS) is 10.4. The van der Waals surface area contributed by atoms with Gasteiger partial charge in [-0.1, -0.05) is 23.7 Å². The molecule has 3 N–H and O–H groups in total. The van der Waals surface area contributed by atoms with Gasteiger partial charge < -0.3 is 16.0 Å². The Bertz CT molecular complexity index is 708. The van der Waals surface area contributed by atoms with Gasteiger partial charge >= 0.3 is 0 Å². The number of aromatic nitrogens is 2. The predicted molar refractivity (Wildman–Crippen MR) is 102 cm³/mol. The molecule has 0 spiro atoms. The maximum atomic E-state index is 11.9. The van der Waals surface area contributed by atoms with E-state index in [1.165, 1.54) is 0 Å². The molecule has 0 saturated heterocycles. The second kappa shape index (κ2) is 9.84. The van der Waals surface area contributed by atoms with Gasteiger partial charge in [-0.15, -0.1) is 0 Å². The second-order valence-corrected chi connectivity index (χ2v) is 6.09. The van der Waals surface area contributed by atoms with E-state index in [-0.39, 0.29) is 5.91 Å². The Morgan fingerprint density at radius 3 is 2.76 bits per heavy atom. The molecule has 1 aromatic carbocycles. The lowest BCUT2D eigenvalue weighted by atomic mass is 10.1. The van der Waals surface area contributed by atoms with E-state index in [4.69, 9.17) is 11.6 Å². The lowest BCUT2D eigenvalue weighted by Crippen LogP contribution is -2.29. The van der Waals surface area contributed by atoms with E-state index in [0.717, 1.165) is 23.6 Å². The summed E-state index contributed by atoms with van der Waals surface area (Å²) in [6.07, 6.45) is 1.11. The Balaban J connectivity index is 1.69. The summed E-state index contributed by atoms with van der Waals surface area (Å²) in [7, 11) is 0. The van der Waals surface area contributed by atoms with Gasteiger partial charge in [0.05, 0.1) is 0 Å². The summed E-state index contributed by atoms with van der Waals surface area (Å²) in [5.74, 6) is 1.37. The summed E-state index contributed by atoms with van der Waals surface area (Å²) >= 11 is 5.94. The molecule has 0 bridgehead atoms. The lowest BCUT2D eigenvalue weighted by Gasteiger charge is -2.09. The Morgan fingerprint density at radius 1 is 1.16 bits per heavy atom. The predicted octanol–water partition coefficient (Wildman–Crippen LogP) is 3.03. The summed E-state index contributed by atoms with van der Waals surface area (Å²) in [5, 5.41) is 9.87. The van der Waals surface area contributed by atoms with Crippen LogP contribution in [0.1, 0.15) is 24.6 Å². The van der Waals surface area contributed by atoms with Crippen molar-refractivity contribution in [1.82, 2.24) is 15.3 Å². The zero-order chi connectivity index (χ0) is 18.1. The molecular weight excluding hydrogens is 338 g/mol. The van der Waals surface area contributed by atoms with E-state index in [1.807, 2.05) is 44.2 Å². The number of halogens is 1. The molecule has 0 fully saturated rings. The number of hydrogen-bond acceptors (Lipinski definition) is 5. The second-order valence-electron chi connectivity index (χ2n) is 5.66. The zero-order valence-electron chi connectivity index (χ0n) is 14.6. The van der Waals surface area contributed by atoms with Gasteiger partial charge in [0.2, 0.25) is 11.9 Å². The monoisotopic (exact) mass is 361 g/mol. The first-order valence-electron chi connectivity index (χ1n) is 8.41. The quantitative estimate of drug-likeness (QED) is 0.598. The number of carbonyl (C=O) groups is 1. The number of hydrogen-bond donors (Lipinski definition) is 3. The maximum absolute atomic E-state index is 11.9. The third-order valence-electron chi connectivity index (χ3n) is 3.47. The minimum Gasteiger partial charge on any atom is -0.370 e. The fraction of sp³-hybridized carbons (Fsp3) is 0.389. The van der Waals surface area contributed by atoms with Crippen LogP contribution < -0.4 is 16.0 Å². The Hall–Kier alpha value is -2.34. The molecule has 0 atom stereocenters. The summed E-state index contributed by atoms with van der Waals surface area (Å²) < 4.78 is 0. The SMILES string of the molecule is CCNc1cc(C)nc(NCCNC(=O)CCc2cccc(Cl)c2)n1. The van der Waals surface area contributed by atoms with Gasteiger partial charge in [0.15, 0.2) is 0 Å². The highest BCUT2D eigenvalue weighted by atomic mass is 35.5. The number of amides is 1. The Morgan fingerprint density at radius 2 is 2.00 bits per heavy atom. The van der Waals surface area contributed by atoms with Gasteiger partial charge in [0.1, 0.15) is 5.82 Å². The van der Waals surface area contributed by atoms with Crippen molar-refractivity contribution in [2.24, 2.45) is 0 Å². The molecule has 1 heterocycles. The van der Waals surface area contributed by atoms with Gasteiger partial charge in [0, 0.05) is 42.8 Å². The highest BCUT2D eigenvalue weighted by molar-refractivity contribution is 6.30. The highest BCUT2D eigenvalue weighted by Gasteiger charge is 2.04. The number of rotatable bonds is 9. The third-order valence-corrected chi connectivity index (χ3v) is 3.71. The number of nitrogens with one attached hydrogen (secondary N) is 3. The molecule has 0 saturated carbocycles. The molecule has 0 aliphatic carbocycles. The van der Waals surface area contributed by atoms with Crippen LogP contribution in [0, 0.1) is 6.92 Å². The van der Waals surface area contributed by atoms with Crippen LogP contribution in [-0.4, -0.2) is 35.5 Å². The third kappa shape index (κ3) is 6.97. The highest BCUT2D eigenvalue weighted by Crippen LogP contribution is 2.12. The molecule has 2 rings (SSSR count). The Labute approximate surface area is 153 Å². The zero-order valence-corrected chi connectivity index (χ0v) is 15.4. The molecule has 1 aromatic heterocycles. The summed E-state index contributed by atoms with van der Waals surface area (Å²) in [6.45, 7) is 5.83. The van der Waals surface area contributed by atoms with Crippen LogP contribution in [-0.2, 0) is 11.2 Å². The van der Waals surface area contributed by atoms with Crippen LogP contribution in [0.15, 0.2) is 30.3 Å². The van der Waals surface area contributed by atoms with E-state index in [9.17, 15) is 4.79 Å². The van der Waals surface area contributed by atoms with Crippen molar-refractivity contribution < 1.29 is 4.79 Å². The van der Waals surface area contributed by atoms with E-state index >= 15 is 0 Å². The van der Waals surface area contributed by atoms with Gasteiger partial charge in [-0.05, 0) is 38.0 Å². The number of nitrogens with zero attached hydrogens (tertiary/aromatic N) is 2. The van der Waals surface area contributed by atoms with Crippen LogP contribution in [0.5, 0.6) is 0 Å². The molecule has 2 aromatic rings. The van der Waals surface area contributed by atoms with Crippen molar-refractivity contribution in [2.75, 3.05) is 30.3 Å². The first kappa shape index (κ1) is 19.0. The van der Waals surface area contributed by atoms with Crippen LogP contribution >= 0.6 is 11.6 Å². The molecule has 6 nitrogen and oxygen atoms in total. The number of anilines is 2. The minimum absolute atomic E-state index is 0.0141. The topological polar surface area (TPSA) is 78.9 Å². The van der Waals surface area contributed by atoms with Crippen LogP contribution in [0.3, 0.4) is 0 Å². The van der Waals surface area contributed by atoms with Crippen molar-refractivity contribution in [1.29, 1.82) is 0 Å². The standard InChI is InChI=1S/C18H24ClN5O/c1-3-20-16-11-13(2)23-18(24-16)22-10-9-21-17(25)8-7-14-5-4-6-15(19)12-14/h4-6,11-12H,3,7-10H2,1-2H3,(H,21,25)(H2,20,22,23,24). The molecule has 25 heavy (non-hydrogen) atoms. The average molecular weight is 362 g/mol. The molecule has 0 aliphatic heterocycles. The summed E-state index contributed by atoms with van der Waals surface area (Å²) in [6, 6.07) is 9.46. The van der Waals surface area contributed by atoms with Gasteiger partial charge in [-0.3, -0.25) is 4.79 Å². The molecule has 0 radical (unpaired) electrons. The fourth-order valence-electron chi connectivity index (χ4n) is 2.33. The average Bonchev–Trinajstić information content (AvgIpc) is 2.57. The van der Waals surface area contributed by atoms with E-state index in [1.54, 1.807) is 0 Å². The number of benzene rings is 1. The first-order chi connectivity index (χ1) is 12.1. The van der Waals surface area contributed by atoms with E-state index < -0.39 is 0 Å². The largest absolute Gasteiger partial charge is 0.370 e. The van der Waals surface area contributed by atoms with Crippen molar-refractivity contribution in [2.45, 2.75) is 26.7 Å². The van der Waals surface area contributed by atoms with E-state index in [0.29, 0.717) is 36.9 Å².